The topological polar surface area (TPSA) is 679 Å². The van der Waals surface area contributed by atoms with Gasteiger partial charge in [-0.25, -0.2) is 96.2 Å². The molecule has 2 aromatic heterocycles. The minimum absolute atomic E-state index is 0. The first-order valence-electron chi connectivity index (χ1n) is 31.9. The van der Waals surface area contributed by atoms with Crippen LogP contribution in [0.3, 0.4) is 0 Å². The van der Waals surface area contributed by atoms with Crippen LogP contribution in [-0.4, -0.2) is 66.4 Å². The Hall–Kier alpha value is -10.8. The summed E-state index contributed by atoms with van der Waals surface area (Å²) < 4.78 is 136. The molecule has 4 amide bonds. The molecule has 120 heavy (non-hydrogen) atoms. The van der Waals surface area contributed by atoms with Crippen molar-refractivity contribution in [3.63, 3.8) is 0 Å². The molecule has 10 rings (SSSR count). The van der Waals surface area contributed by atoms with Crippen LogP contribution >= 0.6 is 0 Å². The van der Waals surface area contributed by atoms with Gasteiger partial charge in [-0.3, -0.25) is 39.1 Å². The summed E-state index contributed by atoms with van der Waals surface area (Å²) >= 11 is 0. The summed E-state index contributed by atoms with van der Waals surface area (Å²) in [4.78, 5) is 62.0. The molecule has 36 nitrogen and oxygen atoms in total. The Morgan fingerprint density at radius 3 is 0.450 bits per heavy atom. The molecule has 0 fully saturated rings. The van der Waals surface area contributed by atoms with Crippen molar-refractivity contribution in [2.24, 2.45) is 20.4 Å². The third-order valence-corrected chi connectivity index (χ3v) is 12.0. The third kappa shape index (κ3) is 68.2. The third-order valence-electron chi connectivity index (χ3n) is 12.0. The van der Waals surface area contributed by atoms with Crippen LogP contribution in [0.5, 0.6) is 0 Å². The van der Waals surface area contributed by atoms with Crippen molar-refractivity contribution < 1.29 is 223 Å². The molecule has 0 aliphatic carbocycles. The number of amides is 4. The maximum Gasteiger partial charge on any atom is 2.00 e. The molecule has 10 aromatic rings. The summed E-state index contributed by atoms with van der Waals surface area (Å²) in [5.41, 5.74) is 15.8. The molecule has 0 atom stereocenters. The van der Waals surface area contributed by atoms with Gasteiger partial charge < -0.3 is 20.4 Å². The van der Waals surface area contributed by atoms with Crippen LogP contribution in [0.25, 0.3) is 23.0 Å². The second-order valence-electron chi connectivity index (χ2n) is 21.0. The normalized spacial score (nSPS) is 11.2. The average Bonchev–Trinajstić information content (AvgIpc) is 0.910. The predicted octanol–water partition coefficient (Wildman–Crippen LogP) is -9.31. The van der Waals surface area contributed by atoms with E-state index in [4.69, 9.17) is 74.5 Å². The average molecular weight is 1930 g/mol. The van der Waals surface area contributed by atoms with Crippen LogP contribution in [0, 0.1) is 41.0 Å². The molecule has 0 aliphatic rings. The van der Waals surface area contributed by atoms with Crippen LogP contribution in [0.1, 0.15) is 91.4 Å². The molecule has 0 saturated heterocycles. The maximum absolute atomic E-state index is 11.9. The Morgan fingerprint density at radius 1 is 0.233 bits per heavy atom. The van der Waals surface area contributed by atoms with Gasteiger partial charge in [-0.1, -0.05) is 217 Å². The number of allylic oxidation sites excluding steroid dienone is 4. The monoisotopic (exact) mass is 1920 g/mol. The smallest absolute Gasteiger partial charge is 0.872 e. The number of carbonyl (C=O) groups is 4. The van der Waals surface area contributed by atoms with Gasteiger partial charge in [-0.2, -0.15) is 20.4 Å². The summed E-state index contributed by atoms with van der Waals surface area (Å²) in [6, 6.07) is 70.7. The van der Waals surface area contributed by atoms with E-state index < -0.39 is 41.0 Å². The fraction of sp³-hybridized carbons (Fsp3) is 0.0526. The second-order valence-corrected chi connectivity index (χ2v) is 24.1. The minimum atomic E-state index is -4.94. The van der Waals surface area contributed by atoms with Gasteiger partial charge >= 0.3 is 68.3 Å². The van der Waals surface area contributed by atoms with Gasteiger partial charge in [-0.05, 0) is 123 Å². The number of hydrogen-bond donors (Lipinski definition) is 4. The van der Waals surface area contributed by atoms with Crippen molar-refractivity contribution in [3.05, 3.63) is 361 Å². The molecule has 2 heterocycles. The Labute approximate surface area is 738 Å². The van der Waals surface area contributed by atoms with E-state index in [1.165, 1.54) is 24.3 Å². The molecule has 0 bridgehead atoms. The minimum Gasteiger partial charge on any atom is -0.872 e. The van der Waals surface area contributed by atoms with E-state index in [1.807, 2.05) is 48.5 Å². The number of hydrogen-bond acceptors (Lipinski definition) is 32. The van der Waals surface area contributed by atoms with E-state index in [0.717, 1.165) is 0 Å². The van der Waals surface area contributed by atoms with E-state index in [9.17, 15) is 39.6 Å². The Bertz CT molecular complexity index is 4050. The van der Waals surface area contributed by atoms with Gasteiger partial charge in [0.1, 0.15) is 0 Å². The van der Waals surface area contributed by atoms with Gasteiger partial charge in [-0.15, -0.1) is 41.0 Å². The number of rotatable bonds is 16. The molecule has 44 heteroatoms. The van der Waals surface area contributed by atoms with E-state index in [1.54, 1.807) is 271 Å². The number of carbonyl (C=O) groups excluding carboxylic acids is 4. The number of aromatic nitrogens is 4. The van der Waals surface area contributed by atoms with Crippen LogP contribution in [0.4, 0.5) is 0 Å². The van der Waals surface area contributed by atoms with Crippen molar-refractivity contribution in [1.82, 2.24) is 41.6 Å². The number of benzene rings is 8. The zero-order valence-electron chi connectivity index (χ0n) is 62.1. The van der Waals surface area contributed by atoms with Gasteiger partial charge in [0.05, 0.1) is 22.8 Å². The van der Waals surface area contributed by atoms with Crippen LogP contribution in [0.2, 0.25) is 0 Å². The molecule has 648 valence electrons. The van der Waals surface area contributed by atoms with Crippen molar-refractivity contribution >= 4 is 69.5 Å². The van der Waals surface area contributed by atoms with Gasteiger partial charge in [0, 0.05) is 71.8 Å². The van der Waals surface area contributed by atoms with Crippen LogP contribution < -0.4 is 117 Å². The SMILES string of the molecule is CC(/C=C(\[O-])c1ccccc1)=N\NC(=O)c1ccccc1.CC(/C=C(\[O-])c1ccccc1)=N\NC(=O)c1ccccc1.CC(/C=C(\[O-])c1ccccc1)=N\NC(=O)c1ccccc1.CC(/C=C(\[O-])c1ccccc1)=N\NC(=O)c1ccccc1.[Cu+2].[Cu+2].[Cu+2].[Cu+2].[O-][Cl+3]([O-])([O-])[O-].[O-][Cl+3]([O-])([O-])[O-].[O-][Cl+3]([O-])([O-])[O-].[O-][Cl+3]([O-])([O-])[O-].c1cnccn1.c1cnccn1. The second kappa shape index (κ2) is 66.1. The summed E-state index contributed by atoms with van der Waals surface area (Å²) in [6.07, 6.45) is 18.7. The number of nitrogens with zero attached hydrogens (tertiary/aromatic N) is 8. The van der Waals surface area contributed by atoms with Crippen LogP contribution in [0.15, 0.2) is 337 Å². The van der Waals surface area contributed by atoms with Crippen molar-refractivity contribution in [1.29, 1.82) is 0 Å². The zero-order valence-corrected chi connectivity index (χ0v) is 68.9. The first-order valence-corrected chi connectivity index (χ1v) is 36.8. The molecular formula is C76H68Cl4Cu4N12O24. The molecule has 0 spiro atoms. The van der Waals surface area contributed by atoms with E-state index in [0.29, 0.717) is 67.4 Å². The maximum atomic E-state index is 11.9. The summed E-state index contributed by atoms with van der Waals surface area (Å²) in [5, 5.41) is 63.3. The van der Waals surface area contributed by atoms with Gasteiger partial charge in [0.2, 0.25) is 0 Å². The molecule has 4 radical (unpaired) electrons. The summed E-state index contributed by atoms with van der Waals surface area (Å²) in [6.45, 7) is 6.64. The van der Waals surface area contributed by atoms with E-state index in [-0.39, 0.29) is 115 Å². The first-order chi connectivity index (χ1) is 54.7. The molecule has 4 N–H and O–H groups in total. The molecule has 0 saturated carbocycles. The fourth-order valence-electron chi connectivity index (χ4n) is 7.31. The number of halogens is 4. The number of nitrogens with one attached hydrogen (secondary N) is 4. The zero-order chi connectivity index (χ0) is 86.8. The van der Waals surface area contributed by atoms with E-state index in [2.05, 4.69) is 62.0 Å². The Balaban J connectivity index is -0.000000657. The first kappa shape index (κ1) is 116. The fourth-order valence-corrected chi connectivity index (χ4v) is 7.31. The predicted molar refractivity (Wildman–Crippen MR) is 370 cm³/mol. The van der Waals surface area contributed by atoms with Crippen molar-refractivity contribution in [2.45, 2.75) is 27.7 Å². The number of hydrazone groups is 4. The summed E-state index contributed by atoms with van der Waals surface area (Å²) in [7, 11) is -19.8. The molecule has 8 aromatic carbocycles. The van der Waals surface area contributed by atoms with Crippen molar-refractivity contribution in [2.75, 3.05) is 0 Å². The van der Waals surface area contributed by atoms with E-state index >= 15 is 0 Å². The largest absolute Gasteiger partial charge is 2.00 e. The molecule has 0 aliphatic heterocycles. The standard InChI is InChI=1S/4C17H16N2O2.2C4H4N2.4ClHO4.4Cu/c4*1-13(12-16(20)14-8-4-2-5-9-14)18-19-17(21)15-10-6-3-7-11-15;2*1-2-6-4-3-5-1;4*2-1(3,4)5;;;;/h4*2-12,20H,1H3,(H,19,21);2*1-4H;4*(H,2,3,4,5);;;;/q;;;;;;;;;;4*+2/p-8/b4*16-12-,18-13+;;;;;;;;;;. The quantitative estimate of drug-likeness (QED) is 0.0302. The molecule has 0 unspecified atom stereocenters. The van der Waals surface area contributed by atoms with Gasteiger partial charge in [0.25, 0.3) is 23.6 Å². The van der Waals surface area contributed by atoms with Crippen LogP contribution in [-0.2, 0) is 68.3 Å². The Kier molecular flexibility index (Phi) is 63.6. The molecular weight excluding hydrogens is 1860 g/mol. The van der Waals surface area contributed by atoms with Crippen molar-refractivity contribution in [3.8, 4) is 0 Å². The van der Waals surface area contributed by atoms with Gasteiger partial charge in [0.15, 0.2) is 0 Å². The summed E-state index contributed by atoms with van der Waals surface area (Å²) in [5.74, 6) is -1.83. The Morgan fingerprint density at radius 2 is 0.342 bits per heavy atom.